The van der Waals surface area contributed by atoms with Crippen LogP contribution < -0.4 is 0 Å². The lowest BCUT2D eigenvalue weighted by molar-refractivity contribution is 0.536. The highest BCUT2D eigenvalue weighted by atomic mass is 14.0. The second-order valence-corrected chi connectivity index (χ2v) is 9.29. The molecule has 0 nitrogen and oxygen atoms in total. The topological polar surface area (TPSA) is 0 Å². The normalized spacial score (nSPS) is 11.4. The predicted octanol–water partition coefficient (Wildman–Crippen LogP) is 11.0. The van der Waals surface area contributed by atoms with Crippen molar-refractivity contribution in [3.63, 3.8) is 0 Å². The van der Waals surface area contributed by atoms with Crippen LogP contribution in [-0.2, 0) is 0 Å². The van der Waals surface area contributed by atoms with E-state index in [-0.39, 0.29) is 0 Å². The molecule has 0 aliphatic carbocycles. The Hall–Kier alpha value is 0. The van der Waals surface area contributed by atoms with E-state index >= 15 is 0 Å². The fourth-order valence-corrected chi connectivity index (χ4v) is 4.23. The van der Waals surface area contributed by atoms with Gasteiger partial charge in [0.2, 0.25) is 0 Å². The van der Waals surface area contributed by atoms with Gasteiger partial charge in [0.15, 0.2) is 0 Å². The molecule has 0 spiro atoms. The fourth-order valence-electron chi connectivity index (χ4n) is 4.23. The first-order chi connectivity index (χ1) is 13.9. The third-order valence-corrected chi connectivity index (χ3v) is 6.27. The van der Waals surface area contributed by atoms with E-state index in [9.17, 15) is 0 Å². The summed E-state index contributed by atoms with van der Waals surface area (Å²) >= 11 is 0. The zero-order chi connectivity index (χ0) is 20.4. The molecule has 0 aromatic carbocycles. The number of rotatable bonds is 25. The van der Waals surface area contributed by atoms with Gasteiger partial charge in [0, 0.05) is 0 Å². The first-order valence-electron chi connectivity index (χ1n) is 13.7. The third kappa shape index (κ3) is 26.0. The smallest absolute Gasteiger partial charge is 0.0386 e. The lowest BCUT2D eigenvalue weighted by atomic mass is 10.0. The van der Waals surface area contributed by atoms with Gasteiger partial charge in [-0.3, -0.25) is 0 Å². The van der Waals surface area contributed by atoms with Gasteiger partial charge in [-0.15, -0.1) is 0 Å². The molecule has 28 heavy (non-hydrogen) atoms. The van der Waals surface area contributed by atoms with Crippen molar-refractivity contribution in [1.29, 1.82) is 0 Å². The van der Waals surface area contributed by atoms with E-state index in [4.69, 9.17) is 0 Å². The maximum Gasteiger partial charge on any atom is -0.0386 e. The molecule has 0 aromatic rings. The van der Waals surface area contributed by atoms with Gasteiger partial charge >= 0.3 is 0 Å². The van der Waals surface area contributed by atoms with Gasteiger partial charge in [0.05, 0.1) is 0 Å². The van der Waals surface area contributed by atoms with Crippen LogP contribution in [0.4, 0.5) is 0 Å². The van der Waals surface area contributed by atoms with Crippen molar-refractivity contribution in [1.82, 2.24) is 0 Å². The quantitative estimate of drug-likeness (QED) is 0.135. The van der Waals surface area contributed by atoms with E-state index in [1.54, 1.807) is 0 Å². The van der Waals surface area contributed by atoms with Gasteiger partial charge < -0.3 is 0 Å². The highest BCUT2D eigenvalue weighted by Gasteiger charge is 1.96. The number of hydrogen-bond acceptors (Lipinski definition) is 0. The summed E-state index contributed by atoms with van der Waals surface area (Å²) in [6.07, 6.45) is 38.9. The molecule has 0 unspecified atom stereocenters. The molecule has 0 aliphatic rings. The highest BCUT2D eigenvalue weighted by Crippen LogP contribution is 2.15. The Labute approximate surface area is 181 Å². The van der Waals surface area contributed by atoms with Gasteiger partial charge in [-0.25, -0.2) is 0 Å². The van der Waals surface area contributed by atoms with Crippen LogP contribution >= 0.6 is 0 Å². The summed E-state index contributed by atoms with van der Waals surface area (Å²) in [6.45, 7) is 4.60. The molecule has 169 valence electrons. The molecule has 0 heterocycles. The van der Waals surface area contributed by atoms with Crippen LogP contribution in [-0.4, -0.2) is 0 Å². The van der Waals surface area contributed by atoms with E-state index < -0.39 is 0 Å². The minimum Gasteiger partial charge on any atom is -0.0654 e. The van der Waals surface area contributed by atoms with E-state index in [1.165, 1.54) is 161 Å². The van der Waals surface area contributed by atoms with Crippen molar-refractivity contribution in [2.75, 3.05) is 0 Å². The Morgan fingerprint density at radius 2 is 0.500 bits per heavy atom. The van der Waals surface area contributed by atoms with E-state index in [0.717, 1.165) is 0 Å². The van der Waals surface area contributed by atoms with Gasteiger partial charge in [0.1, 0.15) is 0 Å². The molecule has 0 saturated heterocycles. The van der Waals surface area contributed by atoms with Gasteiger partial charge in [-0.05, 0) is 6.42 Å². The van der Waals surface area contributed by atoms with Crippen molar-refractivity contribution in [2.45, 2.75) is 174 Å². The van der Waals surface area contributed by atoms with Crippen LogP contribution in [0.1, 0.15) is 174 Å². The van der Waals surface area contributed by atoms with E-state index in [2.05, 4.69) is 20.3 Å². The van der Waals surface area contributed by atoms with Crippen LogP contribution in [0.5, 0.6) is 0 Å². The standard InChI is InChI=1S/C28H57/c1-3-5-7-9-11-13-15-17-19-21-23-25-27-28-26-24-22-20-18-16-14-12-10-8-6-4-2/h25H,3-24,26-28H2,1-2H3. The first-order valence-corrected chi connectivity index (χ1v) is 13.7. The van der Waals surface area contributed by atoms with E-state index in [1.807, 2.05) is 0 Å². The molecular weight excluding hydrogens is 336 g/mol. The summed E-state index contributed by atoms with van der Waals surface area (Å²) in [5.41, 5.74) is 0. The molecule has 0 bridgehead atoms. The van der Waals surface area contributed by atoms with Gasteiger partial charge in [-0.2, -0.15) is 0 Å². The maximum atomic E-state index is 2.57. The molecule has 0 aromatic heterocycles. The summed E-state index contributed by atoms with van der Waals surface area (Å²) in [5, 5.41) is 0. The van der Waals surface area contributed by atoms with Crippen molar-refractivity contribution in [2.24, 2.45) is 0 Å². The monoisotopic (exact) mass is 393 g/mol. The Kier molecular flexibility index (Phi) is 27.0. The van der Waals surface area contributed by atoms with Crippen LogP contribution in [0.2, 0.25) is 0 Å². The predicted molar refractivity (Wildman–Crippen MR) is 131 cm³/mol. The summed E-state index contributed by atoms with van der Waals surface area (Å²) < 4.78 is 0. The second kappa shape index (κ2) is 27.0. The Morgan fingerprint density at radius 3 is 0.750 bits per heavy atom. The number of hydrogen-bond donors (Lipinski definition) is 0. The molecule has 0 N–H and O–H groups in total. The summed E-state index contributed by atoms with van der Waals surface area (Å²) in [6, 6.07) is 0. The lowest BCUT2D eigenvalue weighted by Gasteiger charge is -2.04. The zero-order valence-corrected chi connectivity index (χ0v) is 20.3. The van der Waals surface area contributed by atoms with Crippen LogP contribution in [0.15, 0.2) is 0 Å². The third-order valence-electron chi connectivity index (χ3n) is 6.27. The summed E-state index contributed by atoms with van der Waals surface area (Å²) in [4.78, 5) is 0. The lowest BCUT2D eigenvalue weighted by Crippen LogP contribution is -1.85. The van der Waals surface area contributed by atoms with Crippen LogP contribution in [0.25, 0.3) is 0 Å². The minimum atomic E-state index is 1.37. The largest absolute Gasteiger partial charge is 0.0654 e. The minimum absolute atomic E-state index is 1.37. The first kappa shape index (κ1) is 28.0. The van der Waals surface area contributed by atoms with E-state index in [0.29, 0.717) is 0 Å². The average molecular weight is 394 g/mol. The molecule has 0 amide bonds. The fraction of sp³-hybridized carbons (Fsp3) is 0.964. The summed E-state index contributed by atoms with van der Waals surface area (Å²) in [5.74, 6) is 0. The summed E-state index contributed by atoms with van der Waals surface area (Å²) in [7, 11) is 0. The van der Waals surface area contributed by atoms with Crippen molar-refractivity contribution < 1.29 is 0 Å². The van der Waals surface area contributed by atoms with Crippen LogP contribution in [0, 0.1) is 6.42 Å². The SMILES string of the molecule is CCCCCCCCCCCC[CH]CCCCCCCCCCCCCCC. The molecular formula is C28H57. The maximum absolute atomic E-state index is 2.57. The number of unbranched alkanes of at least 4 members (excludes halogenated alkanes) is 25. The van der Waals surface area contributed by atoms with Gasteiger partial charge in [0.25, 0.3) is 0 Å². The molecule has 0 rings (SSSR count). The van der Waals surface area contributed by atoms with Crippen LogP contribution in [0.3, 0.4) is 0 Å². The molecule has 0 saturated carbocycles. The Morgan fingerprint density at radius 1 is 0.286 bits per heavy atom. The molecule has 0 atom stereocenters. The average Bonchev–Trinajstić information content (AvgIpc) is 2.71. The molecule has 0 aliphatic heterocycles. The zero-order valence-electron chi connectivity index (χ0n) is 20.3. The molecule has 1 radical (unpaired) electrons. The molecule has 0 heteroatoms. The molecule has 0 fully saturated rings. The van der Waals surface area contributed by atoms with Crippen molar-refractivity contribution >= 4 is 0 Å². The van der Waals surface area contributed by atoms with Gasteiger partial charge in [-0.1, -0.05) is 174 Å². The highest BCUT2D eigenvalue weighted by molar-refractivity contribution is 4.64. The second-order valence-electron chi connectivity index (χ2n) is 9.29. The Balaban J connectivity index is 2.96. The Bertz CT molecular complexity index is 218. The van der Waals surface area contributed by atoms with Crippen molar-refractivity contribution in [3.05, 3.63) is 6.42 Å². The van der Waals surface area contributed by atoms with Crippen molar-refractivity contribution in [3.8, 4) is 0 Å².